The van der Waals surface area contributed by atoms with Crippen molar-refractivity contribution in [1.82, 2.24) is 9.78 Å². The Hall–Kier alpha value is -2.70. The van der Waals surface area contributed by atoms with Gasteiger partial charge < -0.3 is 5.32 Å². The Kier molecular flexibility index (Phi) is 3.28. The molecule has 1 amide bonds. The van der Waals surface area contributed by atoms with Crippen molar-refractivity contribution in [2.24, 2.45) is 5.18 Å². The van der Waals surface area contributed by atoms with Crippen molar-refractivity contribution in [3.05, 3.63) is 45.2 Å². The van der Waals surface area contributed by atoms with Crippen molar-refractivity contribution in [3.63, 3.8) is 0 Å². The number of nitrogens with zero attached hydrogens (tertiary/aromatic N) is 2. The summed E-state index contributed by atoms with van der Waals surface area (Å²) in [6.45, 7) is 3.01. The van der Waals surface area contributed by atoms with Crippen LogP contribution in [0.15, 0.2) is 34.2 Å². The van der Waals surface area contributed by atoms with Crippen LogP contribution >= 0.6 is 0 Å². The SMILES string of the molecule is CC(=O)Nc1ccc(-n2[nH]c(C)c(N=O)c2=O)cc1. The van der Waals surface area contributed by atoms with Crippen LogP contribution in [-0.2, 0) is 4.79 Å². The topological polar surface area (TPSA) is 96.3 Å². The van der Waals surface area contributed by atoms with E-state index in [4.69, 9.17) is 0 Å². The molecule has 19 heavy (non-hydrogen) atoms. The average Bonchev–Trinajstić information content (AvgIpc) is 2.64. The molecule has 98 valence electrons. The van der Waals surface area contributed by atoms with Gasteiger partial charge in [0.05, 0.1) is 11.4 Å². The Morgan fingerprint density at radius 3 is 2.42 bits per heavy atom. The maximum atomic E-state index is 11.9. The molecule has 0 bridgehead atoms. The predicted octanol–water partition coefficient (Wildman–Crippen LogP) is 1.83. The van der Waals surface area contributed by atoms with Crippen LogP contribution in [0.3, 0.4) is 0 Å². The number of H-pyrrole nitrogens is 1. The highest BCUT2D eigenvalue weighted by molar-refractivity contribution is 5.88. The number of anilines is 1. The molecule has 1 heterocycles. The van der Waals surface area contributed by atoms with E-state index < -0.39 is 5.56 Å². The van der Waals surface area contributed by atoms with Gasteiger partial charge in [-0.25, -0.2) is 4.68 Å². The first-order valence-electron chi connectivity index (χ1n) is 5.56. The molecule has 0 aliphatic heterocycles. The summed E-state index contributed by atoms with van der Waals surface area (Å²) in [6, 6.07) is 6.62. The standard InChI is InChI=1S/C12H12N4O3/c1-7-11(15-19)12(18)16(14-7)10-5-3-9(4-6-10)13-8(2)17/h3-6,14H,1-2H3,(H,13,17). The van der Waals surface area contributed by atoms with Gasteiger partial charge in [-0.15, -0.1) is 4.91 Å². The van der Waals surface area contributed by atoms with Crippen molar-refractivity contribution in [2.45, 2.75) is 13.8 Å². The molecule has 0 saturated heterocycles. The molecule has 0 aliphatic rings. The molecule has 7 nitrogen and oxygen atoms in total. The first-order valence-corrected chi connectivity index (χ1v) is 5.56. The fourth-order valence-electron chi connectivity index (χ4n) is 1.72. The molecule has 0 spiro atoms. The number of nitrogens with one attached hydrogen (secondary N) is 2. The highest BCUT2D eigenvalue weighted by Crippen LogP contribution is 2.15. The normalized spacial score (nSPS) is 10.2. The van der Waals surface area contributed by atoms with E-state index in [1.54, 1.807) is 31.2 Å². The molecule has 2 N–H and O–H groups in total. The Bertz CT molecular complexity index is 682. The van der Waals surface area contributed by atoms with Crippen LogP contribution in [0.1, 0.15) is 12.6 Å². The highest BCUT2D eigenvalue weighted by Gasteiger charge is 2.12. The third kappa shape index (κ3) is 2.44. The molecular formula is C12H12N4O3. The summed E-state index contributed by atoms with van der Waals surface area (Å²) in [5.74, 6) is -0.173. The van der Waals surface area contributed by atoms with E-state index in [2.05, 4.69) is 15.6 Å². The molecule has 1 aromatic heterocycles. The van der Waals surface area contributed by atoms with Gasteiger partial charge in [0, 0.05) is 12.6 Å². The lowest BCUT2D eigenvalue weighted by atomic mass is 10.3. The van der Waals surface area contributed by atoms with Crippen LogP contribution in [0.25, 0.3) is 5.69 Å². The van der Waals surface area contributed by atoms with Gasteiger partial charge >= 0.3 is 5.56 Å². The average molecular weight is 260 g/mol. The van der Waals surface area contributed by atoms with Crippen LogP contribution in [0, 0.1) is 11.8 Å². The second-order valence-corrected chi connectivity index (χ2v) is 4.05. The largest absolute Gasteiger partial charge is 0.326 e. The van der Waals surface area contributed by atoms with Gasteiger partial charge in [0.1, 0.15) is 0 Å². The zero-order valence-corrected chi connectivity index (χ0v) is 10.4. The van der Waals surface area contributed by atoms with Crippen molar-refractivity contribution in [3.8, 4) is 5.69 Å². The second kappa shape index (κ2) is 4.89. The van der Waals surface area contributed by atoms with Gasteiger partial charge in [-0.1, -0.05) is 0 Å². The lowest BCUT2D eigenvalue weighted by Gasteiger charge is -2.04. The molecule has 0 aliphatic carbocycles. The fourth-order valence-corrected chi connectivity index (χ4v) is 1.72. The molecule has 7 heteroatoms. The van der Waals surface area contributed by atoms with E-state index in [0.717, 1.165) is 0 Å². The first kappa shape index (κ1) is 12.7. The third-order valence-corrected chi connectivity index (χ3v) is 2.58. The summed E-state index contributed by atoms with van der Waals surface area (Å²) >= 11 is 0. The highest BCUT2D eigenvalue weighted by atomic mass is 16.3. The van der Waals surface area contributed by atoms with Crippen molar-refractivity contribution in [2.75, 3.05) is 5.32 Å². The number of aromatic amines is 1. The number of benzene rings is 1. The van der Waals surface area contributed by atoms with Gasteiger partial charge in [0.25, 0.3) is 0 Å². The molecule has 0 radical (unpaired) electrons. The van der Waals surface area contributed by atoms with Crippen LogP contribution in [-0.4, -0.2) is 15.7 Å². The van der Waals surface area contributed by atoms with Crippen LogP contribution in [0.2, 0.25) is 0 Å². The summed E-state index contributed by atoms with van der Waals surface area (Å²) in [5, 5.41) is 8.09. The zero-order chi connectivity index (χ0) is 14.0. The molecule has 0 atom stereocenters. The van der Waals surface area contributed by atoms with Gasteiger partial charge in [-0.05, 0) is 36.4 Å². The van der Waals surface area contributed by atoms with Crippen LogP contribution in [0.4, 0.5) is 11.4 Å². The smallest absolute Gasteiger partial charge is 0.301 e. The number of amides is 1. The monoisotopic (exact) mass is 260 g/mol. The summed E-state index contributed by atoms with van der Waals surface area (Å²) in [6.07, 6.45) is 0. The minimum absolute atomic E-state index is 0.133. The molecule has 1 aromatic carbocycles. The lowest BCUT2D eigenvalue weighted by molar-refractivity contribution is -0.114. The number of aromatic nitrogens is 2. The Morgan fingerprint density at radius 2 is 1.95 bits per heavy atom. The molecule has 0 saturated carbocycles. The van der Waals surface area contributed by atoms with Gasteiger partial charge in [0.2, 0.25) is 5.91 Å². The zero-order valence-electron chi connectivity index (χ0n) is 10.4. The van der Waals surface area contributed by atoms with E-state index in [1.165, 1.54) is 11.6 Å². The van der Waals surface area contributed by atoms with Crippen LogP contribution < -0.4 is 10.9 Å². The number of hydrogen-bond donors (Lipinski definition) is 2. The maximum absolute atomic E-state index is 11.9. The predicted molar refractivity (Wildman–Crippen MR) is 70.9 cm³/mol. The molecule has 0 unspecified atom stereocenters. The summed E-state index contributed by atoms with van der Waals surface area (Å²) < 4.78 is 1.23. The van der Waals surface area contributed by atoms with E-state index in [1.807, 2.05) is 0 Å². The van der Waals surface area contributed by atoms with Crippen LogP contribution in [0.5, 0.6) is 0 Å². The number of aryl methyl sites for hydroxylation is 1. The second-order valence-electron chi connectivity index (χ2n) is 4.05. The minimum Gasteiger partial charge on any atom is -0.326 e. The summed E-state index contributed by atoms with van der Waals surface area (Å²) in [5.41, 5.74) is 0.954. The molecule has 2 rings (SSSR count). The number of carbonyl (C=O) groups is 1. The van der Waals surface area contributed by atoms with Gasteiger partial charge in [0.15, 0.2) is 5.69 Å². The van der Waals surface area contributed by atoms with Gasteiger partial charge in [-0.2, -0.15) is 0 Å². The Balaban J connectivity index is 2.40. The van der Waals surface area contributed by atoms with E-state index in [9.17, 15) is 14.5 Å². The minimum atomic E-state index is -0.500. The molecule has 0 fully saturated rings. The van der Waals surface area contributed by atoms with E-state index in [-0.39, 0.29) is 11.6 Å². The molecular weight excluding hydrogens is 248 g/mol. The maximum Gasteiger partial charge on any atom is 0.301 e. The van der Waals surface area contributed by atoms with Gasteiger partial charge in [-0.3, -0.25) is 14.7 Å². The van der Waals surface area contributed by atoms with E-state index >= 15 is 0 Å². The number of nitroso groups, excluding NO2 is 1. The van der Waals surface area contributed by atoms with Crippen molar-refractivity contribution >= 4 is 17.3 Å². The number of carbonyl (C=O) groups excluding carboxylic acids is 1. The lowest BCUT2D eigenvalue weighted by Crippen LogP contribution is -2.14. The van der Waals surface area contributed by atoms with E-state index in [0.29, 0.717) is 17.1 Å². The Morgan fingerprint density at radius 1 is 1.32 bits per heavy atom. The Labute approximate surface area is 108 Å². The number of rotatable bonds is 3. The summed E-state index contributed by atoms with van der Waals surface area (Å²) in [4.78, 5) is 33.3. The quantitative estimate of drug-likeness (QED) is 0.824. The van der Waals surface area contributed by atoms with Crippen molar-refractivity contribution in [1.29, 1.82) is 0 Å². The summed E-state index contributed by atoms with van der Waals surface area (Å²) in [7, 11) is 0. The third-order valence-electron chi connectivity index (χ3n) is 2.58. The fraction of sp³-hybridized carbons (Fsp3) is 0.167. The first-order chi connectivity index (χ1) is 9.02. The molecule has 2 aromatic rings. The van der Waals surface area contributed by atoms with Crippen molar-refractivity contribution < 1.29 is 4.79 Å². The number of hydrogen-bond acceptors (Lipinski definition) is 4.